The largest absolute Gasteiger partial charge is 0.469 e. The molecule has 0 saturated carbocycles. The van der Waals surface area contributed by atoms with Crippen molar-refractivity contribution in [2.45, 2.75) is 25.8 Å². The van der Waals surface area contributed by atoms with Gasteiger partial charge in [0.2, 0.25) is 0 Å². The molecule has 0 aromatic carbocycles. The van der Waals surface area contributed by atoms with E-state index in [2.05, 4.69) is 23.9 Å². The molecule has 1 fully saturated rings. The van der Waals surface area contributed by atoms with Crippen LogP contribution in [0.5, 0.6) is 0 Å². The van der Waals surface area contributed by atoms with E-state index in [1.54, 1.807) is 0 Å². The van der Waals surface area contributed by atoms with Crippen LogP contribution < -0.4 is 5.32 Å². The van der Waals surface area contributed by atoms with Crippen LogP contribution in [0.15, 0.2) is 0 Å². The Morgan fingerprint density at radius 1 is 1.73 bits per heavy atom. The summed E-state index contributed by atoms with van der Waals surface area (Å²) < 4.78 is 4.58. The van der Waals surface area contributed by atoms with E-state index in [0.29, 0.717) is 12.3 Å². The summed E-state index contributed by atoms with van der Waals surface area (Å²) in [6.07, 6.45) is 0.538. The second-order valence-corrected chi connectivity index (χ2v) is 3.58. The fraction of sp³-hybridized carbons (Fsp3) is 0.875. The maximum absolute atomic E-state index is 10.9. The lowest BCUT2D eigenvalue weighted by Crippen LogP contribution is -2.61. The number of rotatable bonds is 2. The normalized spacial score (nSPS) is 27.4. The van der Waals surface area contributed by atoms with E-state index >= 15 is 0 Å². The van der Waals surface area contributed by atoms with Crippen LogP contribution in [-0.2, 0) is 9.53 Å². The van der Waals surface area contributed by atoms with Gasteiger partial charge in [-0.15, -0.1) is 0 Å². The zero-order valence-electron chi connectivity index (χ0n) is 7.31. The van der Waals surface area contributed by atoms with Gasteiger partial charge in [-0.25, -0.2) is 0 Å². The number of carbonyl (C=O) groups is 1. The Morgan fingerprint density at radius 3 is 2.64 bits per heavy atom. The van der Waals surface area contributed by atoms with E-state index in [1.165, 1.54) is 7.11 Å². The second-order valence-electron chi connectivity index (χ2n) is 3.58. The number of esters is 1. The van der Waals surface area contributed by atoms with Gasteiger partial charge < -0.3 is 10.1 Å². The maximum atomic E-state index is 10.9. The van der Waals surface area contributed by atoms with Crippen LogP contribution in [0.2, 0.25) is 0 Å². The number of hydrogen-bond donors (Lipinski definition) is 1. The van der Waals surface area contributed by atoms with Gasteiger partial charge in [-0.05, 0) is 19.8 Å². The molecule has 0 spiro atoms. The van der Waals surface area contributed by atoms with E-state index < -0.39 is 0 Å². The SMILES string of the molecule is COC(=O)CC1CNC1(C)C. The quantitative estimate of drug-likeness (QED) is 0.595. The molecule has 1 heterocycles. The Balaban J connectivity index is 2.34. The second kappa shape index (κ2) is 2.81. The minimum absolute atomic E-state index is 0.107. The van der Waals surface area contributed by atoms with Crippen molar-refractivity contribution in [3.8, 4) is 0 Å². The maximum Gasteiger partial charge on any atom is 0.305 e. The van der Waals surface area contributed by atoms with Crippen LogP contribution in [-0.4, -0.2) is 25.2 Å². The Labute approximate surface area is 67.1 Å². The van der Waals surface area contributed by atoms with E-state index in [1.807, 2.05) is 0 Å². The average Bonchev–Trinajstić information content (AvgIpc) is 1.98. The number of methoxy groups -OCH3 is 1. The lowest BCUT2D eigenvalue weighted by atomic mass is 9.78. The first-order chi connectivity index (χ1) is 5.06. The van der Waals surface area contributed by atoms with E-state index in [-0.39, 0.29) is 11.5 Å². The highest BCUT2D eigenvalue weighted by Crippen LogP contribution is 2.27. The Bertz CT molecular complexity index is 165. The van der Waals surface area contributed by atoms with Gasteiger partial charge >= 0.3 is 5.97 Å². The van der Waals surface area contributed by atoms with Crippen molar-refractivity contribution in [3.63, 3.8) is 0 Å². The molecule has 64 valence electrons. The molecule has 3 heteroatoms. The minimum Gasteiger partial charge on any atom is -0.469 e. The number of ether oxygens (including phenoxy) is 1. The van der Waals surface area contributed by atoms with Gasteiger partial charge in [0.25, 0.3) is 0 Å². The van der Waals surface area contributed by atoms with E-state index in [9.17, 15) is 4.79 Å². The molecule has 0 aliphatic carbocycles. The molecule has 1 aliphatic rings. The summed E-state index contributed by atoms with van der Waals surface area (Å²) in [6.45, 7) is 5.14. The van der Waals surface area contributed by atoms with Gasteiger partial charge in [-0.1, -0.05) is 0 Å². The van der Waals surface area contributed by atoms with Crippen LogP contribution in [0.25, 0.3) is 0 Å². The number of nitrogens with one attached hydrogen (secondary N) is 1. The van der Waals surface area contributed by atoms with Gasteiger partial charge in [-0.2, -0.15) is 0 Å². The summed E-state index contributed by atoms with van der Waals surface area (Å²) in [4.78, 5) is 10.9. The van der Waals surface area contributed by atoms with E-state index in [4.69, 9.17) is 0 Å². The van der Waals surface area contributed by atoms with E-state index in [0.717, 1.165) is 6.54 Å². The predicted octanol–water partition coefficient (Wildman–Crippen LogP) is 0.547. The molecule has 0 aromatic heterocycles. The molecule has 1 atom stereocenters. The smallest absolute Gasteiger partial charge is 0.305 e. The van der Waals surface area contributed by atoms with Crippen LogP contribution in [0, 0.1) is 5.92 Å². The lowest BCUT2D eigenvalue weighted by Gasteiger charge is -2.45. The van der Waals surface area contributed by atoms with Gasteiger partial charge in [0.05, 0.1) is 13.5 Å². The summed E-state index contributed by atoms with van der Waals surface area (Å²) in [6, 6.07) is 0. The van der Waals surface area contributed by atoms with Crippen LogP contribution in [0.3, 0.4) is 0 Å². The topological polar surface area (TPSA) is 38.3 Å². The number of hydrogen-bond acceptors (Lipinski definition) is 3. The van der Waals surface area contributed by atoms with Crippen molar-refractivity contribution < 1.29 is 9.53 Å². The molecule has 3 nitrogen and oxygen atoms in total. The Hall–Kier alpha value is -0.570. The standard InChI is InChI=1S/C8H15NO2/c1-8(2)6(5-9-8)4-7(10)11-3/h6,9H,4-5H2,1-3H3. The highest BCUT2D eigenvalue weighted by molar-refractivity contribution is 5.69. The summed E-state index contributed by atoms with van der Waals surface area (Å²) in [7, 11) is 1.43. The monoisotopic (exact) mass is 157 g/mol. The van der Waals surface area contributed by atoms with Crippen molar-refractivity contribution in [2.75, 3.05) is 13.7 Å². The summed E-state index contributed by atoms with van der Waals surface area (Å²) in [5.74, 6) is 0.333. The lowest BCUT2D eigenvalue weighted by molar-refractivity contribution is -0.143. The first kappa shape index (κ1) is 8.53. The van der Waals surface area contributed by atoms with Gasteiger partial charge in [0, 0.05) is 12.1 Å². The van der Waals surface area contributed by atoms with Crippen LogP contribution in [0.4, 0.5) is 0 Å². The molecule has 1 unspecified atom stereocenters. The van der Waals surface area contributed by atoms with Crippen molar-refractivity contribution >= 4 is 5.97 Å². The molecule has 0 bridgehead atoms. The molecule has 11 heavy (non-hydrogen) atoms. The van der Waals surface area contributed by atoms with Crippen LogP contribution >= 0.6 is 0 Å². The van der Waals surface area contributed by atoms with Gasteiger partial charge in [0.1, 0.15) is 0 Å². The molecule has 1 aliphatic heterocycles. The zero-order chi connectivity index (χ0) is 8.48. The Kier molecular flexibility index (Phi) is 2.18. The third-order valence-corrected chi connectivity index (χ3v) is 2.47. The van der Waals surface area contributed by atoms with Gasteiger partial charge in [-0.3, -0.25) is 4.79 Å². The van der Waals surface area contributed by atoms with Crippen molar-refractivity contribution in [3.05, 3.63) is 0 Å². The average molecular weight is 157 g/mol. The molecule has 0 amide bonds. The highest BCUT2D eigenvalue weighted by Gasteiger charge is 2.39. The summed E-state index contributed by atoms with van der Waals surface area (Å²) >= 11 is 0. The van der Waals surface area contributed by atoms with Crippen molar-refractivity contribution in [1.82, 2.24) is 5.32 Å². The Morgan fingerprint density at radius 2 is 2.36 bits per heavy atom. The van der Waals surface area contributed by atoms with Crippen molar-refractivity contribution in [2.24, 2.45) is 5.92 Å². The summed E-state index contributed by atoms with van der Waals surface area (Å²) in [5.41, 5.74) is 0.119. The van der Waals surface area contributed by atoms with Crippen LogP contribution in [0.1, 0.15) is 20.3 Å². The minimum atomic E-state index is -0.107. The molecule has 1 saturated heterocycles. The first-order valence-corrected chi connectivity index (χ1v) is 3.88. The zero-order valence-corrected chi connectivity index (χ0v) is 7.31. The molecular formula is C8H15NO2. The molecule has 1 N–H and O–H groups in total. The third-order valence-electron chi connectivity index (χ3n) is 2.47. The number of carbonyl (C=O) groups excluding carboxylic acids is 1. The highest BCUT2D eigenvalue weighted by atomic mass is 16.5. The fourth-order valence-corrected chi connectivity index (χ4v) is 1.27. The molecule has 1 rings (SSSR count). The molecular weight excluding hydrogens is 142 g/mol. The van der Waals surface area contributed by atoms with Crippen molar-refractivity contribution in [1.29, 1.82) is 0 Å². The summed E-state index contributed by atoms with van der Waals surface area (Å²) in [5, 5.41) is 3.26. The van der Waals surface area contributed by atoms with Gasteiger partial charge in [0.15, 0.2) is 0 Å². The third kappa shape index (κ3) is 1.71. The molecule has 0 aromatic rings. The predicted molar refractivity (Wildman–Crippen MR) is 42.2 cm³/mol. The first-order valence-electron chi connectivity index (χ1n) is 3.88. The fourth-order valence-electron chi connectivity index (χ4n) is 1.27. The molecule has 0 radical (unpaired) electrons.